The molecule has 4 N–H and O–H groups in total. The van der Waals surface area contributed by atoms with Gasteiger partial charge in [-0.15, -0.1) is 0 Å². The van der Waals surface area contributed by atoms with Crippen LogP contribution in [0.15, 0.2) is 60.8 Å². The molecule has 1 aliphatic rings. The lowest BCUT2D eigenvalue weighted by Gasteiger charge is -2.29. The Morgan fingerprint density at radius 2 is 2.06 bits per heavy atom. The van der Waals surface area contributed by atoms with Crippen LogP contribution in [-0.4, -0.2) is 32.5 Å². The highest BCUT2D eigenvalue weighted by atomic mass is 35.5. The van der Waals surface area contributed by atoms with Gasteiger partial charge in [0.05, 0.1) is 0 Å². The summed E-state index contributed by atoms with van der Waals surface area (Å²) in [6.07, 6.45) is 8.01. The highest BCUT2D eigenvalue weighted by Gasteiger charge is 2.28. The second-order valence-electron chi connectivity index (χ2n) is 8.88. The van der Waals surface area contributed by atoms with Gasteiger partial charge in [0, 0.05) is 53.0 Å². The lowest BCUT2D eigenvalue weighted by atomic mass is 10.0. The van der Waals surface area contributed by atoms with E-state index in [1.54, 1.807) is 11.6 Å². The van der Waals surface area contributed by atoms with E-state index in [-0.39, 0.29) is 6.04 Å². The summed E-state index contributed by atoms with van der Waals surface area (Å²) in [5, 5.41) is 11.3. The Bertz CT molecular complexity index is 1390. The second kappa shape index (κ2) is 10.3. The molecule has 180 valence electrons. The third-order valence-corrected chi connectivity index (χ3v) is 7.13. The Morgan fingerprint density at radius 1 is 1.17 bits per heavy atom. The number of aryl methyl sites for hydroxylation is 1. The molecule has 0 saturated heterocycles. The van der Waals surface area contributed by atoms with Crippen LogP contribution >= 0.6 is 23.2 Å². The lowest BCUT2D eigenvalue weighted by Crippen LogP contribution is -2.29. The van der Waals surface area contributed by atoms with Crippen molar-refractivity contribution in [1.82, 2.24) is 20.3 Å². The zero-order valence-electron chi connectivity index (χ0n) is 19.0. The summed E-state index contributed by atoms with van der Waals surface area (Å²) in [4.78, 5) is 20.4. The van der Waals surface area contributed by atoms with Crippen LogP contribution in [0.2, 0.25) is 10.2 Å². The van der Waals surface area contributed by atoms with Gasteiger partial charge in [0.2, 0.25) is 0 Å². The van der Waals surface area contributed by atoms with Crippen LogP contribution in [0, 0.1) is 0 Å². The molecule has 1 unspecified atom stereocenters. The van der Waals surface area contributed by atoms with Gasteiger partial charge in [0.15, 0.2) is 0 Å². The van der Waals surface area contributed by atoms with E-state index in [9.17, 15) is 4.79 Å². The average molecular weight is 509 g/mol. The molecule has 0 saturated carbocycles. The zero-order valence-corrected chi connectivity index (χ0v) is 20.5. The number of halogens is 2. The summed E-state index contributed by atoms with van der Waals surface area (Å²) < 4.78 is 0. The number of hydrogen-bond donors (Lipinski definition) is 4. The summed E-state index contributed by atoms with van der Waals surface area (Å²) in [5.41, 5.74) is 8.57. The fourth-order valence-electron chi connectivity index (χ4n) is 5.00. The number of nitrogens with one attached hydrogen (secondary N) is 3. The van der Waals surface area contributed by atoms with Crippen molar-refractivity contribution in [2.45, 2.75) is 31.8 Å². The quantitative estimate of drug-likeness (QED) is 0.133. The van der Waals surface area contributed by atoms with Crippen molar-refractivity contribution in [2.24, 2.45) is 0 Å². The smallest absolute Gasteiger partial charge is 0.267 e. The number of aromatic amines is 2. The van der Waals surface area contributed by atoms with E-state index in [1.807, 2.05) is 30.3 Å². The van der Waals surface area contributed by atoms with Crippen molar-refractivity contribution in [3.05, 3.63) is 98.9 Å². The van der Waals surface area contributed by atoms with Crippen molar-refractivity contribution in [2.75, 3.05) is 6.54 Å². The van der Waals surface area contributed by atoms with Gasteiger partial charge < -0.3 is 9.97 Å². The monoisotopic (exact) mass is 508 g/mol. The first-order chi connectivity index (χ1) is 17.0. The molecule has 1 aliphatic carbocycles. The molecule has 0 fully saturated rings. The summed E-state index contributed by atoms with van der Waals surface area (Å²) in [6.45, 7) is 1.65. The number of carbonyl (C=O) groups excluding carboxylic acids is 1. The van der Waals surface area contributed by atoms with Crippen molar-refractivity contribution in [1.29, 1.82) is 0 Å². The van der Waals surface area contributed by atoms with Crippen molar-refractivity contribution in [3.8, 4) is 0 Å². The first-order valence-electron chi connectivity index (χ1n) is 11.6. The van der Waals surface area contributed by atoms with Gasteiger partial charge in [-0.05, 0) is 71.9 Å². The van der Waals surface area contributed by atoms with Gasteiger partial charge >= 0.3 is 0 Å². The Morgan fingerprint density at radius 3 is 2.86 bits per heavy atom. The molecule has 0 bridgehead atoms. The maximum absolute atomic E-state index is 11.3. The van der Waals surface area contributed by atoms with Gasteiger partial charge in [-0.25, -0.2) is 5.48 Å². The highest BCUT2D eigenvalue weighted by Crippen LogP contribution is 2.37. The largest absolute Gasteiger partial charge is 0.361 e. The fourth-order valence-corrected chi connectivity index (χ4v) is 5.36. The summed E-state index contributed by atoms with van der Waals surface area (Å²) in [6, 6.07) is 16.5. The maximum Gasteiger partial charge on any atom is 0.267 e. The van der Waals surface area contributed by atoms with Gasteiger partial charge in [0.1, 0.15) is 5.15 Å². The number of fused-ring (bicyclic) bond motifs is 2. The number of hydroxylamine groups is 1. The molecule has 1 amide bonds. The van der Waals surface area contributed by atoms with E-state index in [1.165, 1.54) is 28.2 Å². The Hall–Kier alpha value is -3.03. The fraction of sp³-hybridized carbons (Fsp3) is 0.222. The lowest BCUT2D eigenvalue weighted by molar-refractivity contribution is -0.124. The average Bonchev–Trinajstić information content (AvgIpc) is 3.58. The van der Waals surface area contributed by atoms with E-state index >= 15 is 0 Å². The molecule has 4 aromatic rings. The minimum absolute atomic E-state index is 0.283. The van der Waals surface area contributed by atoms with E-state index in [2.05, 4.69) is 39.3 Å². The third-order valence-electron chi connectivity index (χ3n) is 6.67. The summed E-state index contributed by atoms with van der Waals surface area (Å²) in [7, 11) is 0. The number of aromatic nitrogens is 2. The number of carbonyl (C=O) groups is 1. The molecule has 2 aromatic carbocycles. The van der Waals surface area contributed by atoms with Crippen molar-refractivity contribution >= 4 is 46.1 Å². The van der Waals surface area contributed by atoms with E-state index in [0.717, 1.165) is 54.1 Å². The van der Waals surface area contributed by atoms with Crippen molar-refractivity contribution in [3.63, 3.8) is 0 Å². The number of benzene rings is 2. The third kappa shape index (κ3) is 5.31. The number of rotatable bonds is 8. The Labute approximate surface area is 213 Å². The number of nitrogens with zero attached hydrogens (tertiary/aromatic N) is 1. The van der Waals surface area contributed by atoms with Crippen LogP contribution in [0.5, 0.6) is 0 Å². The molecule has 1 atom stereocenters. The topological polar surface area (TPSA) is 84.2 Å². The van der Waals surface area contributed by atoms with Gasteiger partial charge in [0.25, 0.3) is 5.91 Å². The van der Waals surface area contributed by atoms with Gasteiger partial charge in [-0.3, -0.25) is 14.9 Å². The molecule has 5 rings (SSSR count). The van der Waals surface area contributed by atoms with Crippen LogP contribution in [0.1, 0.15) is 40.4 Å². The number of hydrogen-bond acceptors (Lipinski definition) is 3. The maximum atomic E-state index is 11.3. The van der Waals surface area contributed by atoms with Crippen molar-refractivity contribution < 1.29 is 10.0 Å². The molecular weight excluding hydrogens is 483 g/mol. The number of H-pyrrole nitrogens is 2. The van der Waals surface area contributed by atoms with Crippen LogP contribution in [0.4, 0.5) is 0 Å². The minimum Gasteiger partial charge on any atom is -0.361 e. The summed E-state index contributed by atoms with van der Waals surface area (Å²) in [5.74, 6) is -0.543. The first kappa shape index (κ1) is 23.7. The molecule has 0 spiro atoms. The predicted octanol–water partition coefficient (Wildman–Crippen LogP) is 6.05. The predicted molar refractivity (Wildman–Crippen MR) is 140 cm³/mol. The standard InChI is InChI=1S/C27H26Cl2N4O2/c28-20-4-7-22-19(15-30-24(22)14-20)11-12-33(16-21-5-9-26(29)31-21)25-8-3-18-13-17(1-6-23(18)25)2-10-27(34)32-35/h1-2,4-7,9-10,13-15,25,30-31,35H,3,8,11-12,16H2,(H,32,34)/b10-2+. The number of amides is 1. The molecule has 2 heterocycles. The molecular formula is C27H26Cl2N4O2. The van der Waals surface area contributed by atoms with Crippen LogP contribution in [0.3, 0.4) is 0 Å². The second-order valence-corrected chi connectivity index (χ2v) is 9.72. The Kier molecular flexibility index (Phi) is 6.97. The van der Waals surface area contributed by atoms with E-state index in [0.29, 0.717) is 5.15 Å². The molecule has 8 heteroatoms. The van der Waals surface area contributed by atoms with Crippen LogP contribution < -0.4 is 5.48 Å². The van der Waals surface area contributed by atoms with E-state index < -0.39 is 5.91 Å². The Balaban J connectivity index is 1.38. The highest BCUT2D eigenvalue weighted by molar-refractivity contribution is 6.31. The molecule has 6 nitrogen and oxygen atoms in total. The minimum atomic E-state index is -0.543. The van der Waals surface area contributed by atoms with Gasteiger partial charge in [-0.1, -0.05) is 47.5 Å². The molecule has 0 aliphatic heterocycles. The summed E-state index contributed by atoms with van der Waals surface area (Å²) >= 11 is 12.3. The van der Waals surface area contributed by atoms with Gasteiger partial charge in [-0.2, -0.15) is 0 Å². The SMILES string of the molecule is O=C(/C=C/c1ccc2c(c1)CCC2N(CCc1c[nH]c2cc(Cl)ccc12)Cc1ccc(Cl)[nH]1)NO. The molecule has 35 heavy (non-hydrogen) atoms. The molecule has 2 aromatic heterocycles. The molecule has 0 radical (unpaired) electrons. The normalized spacial score (nSPS) is 15.4. The zero-order chi connectivity index (χ0) is 24.4. The van der Waals surface area contributed by atoms with Crippen LogP contribution in [0.25, 0.3) is 17.0 Å². The van der Waals surface area contributed by atoms with E-state index in [4.69, 9.17) is 28.4 Å². The van der Waals surface area contributed by atoms with Crippen LogP contribution in [-0.2, 0) is 24.2 Å². The first-order valence-corrected chi connectivity index (χ1v) is 12.3.